The molecule has 0 radical (unpaired) electrons. The van der Waals surface area contributed by atoms with E-state index < -0.39 is 11.9 Å². The third kappa shape index (κ3) is 2.64. The number of hydrogen-bond acceptors (Lipinski definition) is 2. The molecule has 2 aromatic carbocycles. The van der Waals surface area contributed by atoms with Gasteiger partial charge >= 0.3 is 5.97 Å². The Hall–Kier alpha value is -2.82. The van der Waals surface area contributed by atoms with Crippen LogP contribution in [-0.4, -0.2) is 28.1 Å². The maximum atomic E-state index is 12.3. The van der Waals surface area contributed by atoms with Crippen molar-refractivity contribution in [3.8, 4) is 0 Å². The highest BCUT2D eigenvalue weighted by Gasteiger charge is 2.35. The number of unbranched alkanes of at least 4 members (excludes halogenated alkanes) is 1. The summed E-state index contributed by atoms with van der Waals surface area (Å²) in [5.74, 6) is -1.64. The molecule has 5 heteroatoms. The standard InChI is InChI=1S/C21H22N2O3/c1-2-3-10-22-18-7-5-4-6-16(18)17-12-15(8-9-19(17)22)23-13-14(21(25)26)11-20(23)24/h4-9,12,14H,2-3,10-11,13H2,1H3,(H,25,26). The van der Waals surface area contributed by atoms with Crippen LogP contribution in [0.1, 0.15) is 26.2 Å². The third-order valence-corrected chi connectivity index (χ3v) is 5.28. The zero-order chi connectivity index (χ0) is 18.3. The van der Waals surface area contributed by atoms with Crippen molar-refractivity contribution in [3.63, 3.8) is 0 Å². The normalized spacial score (nSPS) is 17.5. The van der Waals surface area contributed by atoms with Crippen molar-refractivity contribution in [2.24, 2.45) is 5.92 Å². The maximum Gasteiger partial charge on any atom is 0.308 e. The molecule has 0 bridgehead atoms. The summed E-state index contributed by atoms with van der Waals surface area (Å²) in [4.78, 5) is 25.1. The Kier molecular flexibility index (Phi) is 4.15. The fraction of sp³-hybridized carbons (Fsp3) is 0.333. The first kappa shape index (κ1) is 16.6. The molecule has 2 heterocycles. The SMILES string of the molecule is CCCCn1c2ccccc2c2cc(N3CC(C(=O)O)CC3=O)ccc21. The number of hydrogen-bond donors (Lipinski definition) is 1. The molecule has 26 heavy (non-hydrogen) atoms. The lowest BCUT2D eigenvalue weighted by atomic mass is 10.1. The number of fused-ring (bicyclic) bond motifs is 3. The quantitative estimate of drug-likeness (QED) is 0.755. The Labute approximate surface area is 151 Å². The van der Waals surface area contributed by atoms with Crippen LogP contribution in [-0.2, 0) is 16.1 Å². The van der Waals surface area contributed by atoms with Gasteiger partial charge in [0.1, 0.15) is 0 Å². The first-order valence-corrected chi connectivity index (χ1v) is 9.14. The van der Waals surface area contributed by atoms with Crippen molar-refractivity contribution in [1.82, 2.24) is 4.57 Å². The monoisotopic (exact) mass is 350 g/mol. The molecule has 1 unspecified atom stereocenters. The molecule has 1 aromatic heterocycles. The molecule has 1 aliphatic heterocycles. The van der Waals surface area contributed by atoms with Gasteiger partial charge in [-0.05, 0) is 30.7 Å². The third-order valence-electron chi connectivity index (χ3n) is 5.28. The van der Waals surface area contributed by atoms with E-state index in [-0.39, 0.29) is 18.9 Å². The second kappa shape index (κ2) is 6.48. The molecule has 1 amide bonds. The number of amides is 1. The molecular weight excluding hydrogens is 328 g/mol. The molecule has 134 valence electrons. The van der Waals surface area contributed by atoms with E-state index in [1.165, 1.54) is 10.9 Å². The average Bonchev–Trinajstić information content (AvgIpc) is 3.18. The molecule has 5 nitrogen and oxygen atoms in total. The molecule has 1 fully saturated rings. The summed E-state index contributed by atoms with van der Waals surface area (Å²) < 4.78 is 2.34. The number of rotatable bonds is 5. The van der Waals surface area contributed by atoms with E-state index in [0.29, 0.717) is 0 Å². The number of carboxylic acid groups (broad SMARTS) is 1. The summed E-state index contributed by atoms with van der Waals surface area (Å²) in [6, 6.07) is 14.3. The molecule has 4 rings (SSSR count). The zero-order valence-corrected chi connectivity index (χ0v) is 14.8. The minimum atomic E-state index is -0.905. The minimum Gasteiger partial charge on any atom is -0.481 e. The van der Waals surface area contributed by atoms with Crippen molar-refractivity contribution in [3.05, 3.63) is 42.5 Å². The van der Waals surface area contributed by atoms with Crippen LogP contribution in [0, 0.1) is 5.92 Å². The number of nitrogens with zero attached hydrogens (tertiary/aromatic N) is 2. The highest BCUT2D eigenvalue weighted by molar-refractivity contribution is 6.10. The van der Waals surface area contributed by atoms with Crippen LogP contribution in [0.25, 0.3) is 21.8 Å². The Morgan fingerprint density at radius 1 is 1.15 bits per heavy atom. The van der Waals surface area contributed by atoms with Gasteiger partial charge in [-0.1, -0.05) is 31.5 Å². The van der Waals surface area contributed by atoms with Crippen molar-refractivity contribution in [2.45, 2.75) is 32.7 Å². The number of aromatic nitrogens is 1. The highest BCUT2D eigenvalue weighted by Crippen LogP contribution is 2.34. The Morgan fingerprint density at radius 3 is 2.65 bits per heavy atom. The van der Waals surface area contributed by atoms with Gasteiger partial charge in [0.25, 0.3) is 0 Å². The average molecular weight is 350 g/mol. The van der Waals surface area contributed by atoms with Crippen LogP contribution in [0.4, 0.5) is 5.69 Å². The van der Waals surface area contributed by atoms with Crippen LogP contribution in [0.15, 0.2) is 42.5 Å². The van der Waals surface area contributed by atoms with E-state index in [0.717, 1.165) is 36.0 Å². The summed E-state index contributed by atoms with van der Waals surface area (Å²) in [6.07, 6.45) is 2.32. The molecule has 1 saturated heterocycles. The van der Waals surface area contributed by atoms with E-state index in [4.69, 9.17) is 0 Å². The number of carbonyl (C=O) groups is 2. The van der Waals surface area contributed by atoms with Gasteiger partial charge in [0.05, 0.1) is 5.92 Å². The number of anilines is 1. The number of carboxylic acids is 1. The first-order chi connectivity index (χ1) is 12.6. The van der Waals surface area contributed by atoms with Gasteiger partial charge in [0, 0.05) is 47.0 Å². The van der Waals surface area contributed by atoms with Crippen LogP contribution in [0.3, 0.4) is 0 Å². The van der Waals surface area contributed by atoms with Gasteiger partial charge in [-0.25, -0.2) is 0 Å². The Bertz CT molecular complexity index is 1010. The van der Waals surface area contributed by atoms with E-state index in [2.05, 4.69) is 29.7 Å². The van der Waals surface area contributed by atoms with E-state index in [9.17, 15) is 14.7 Å². The molecule has 1 atom stereocenters. The first-order valence-electron chi connectivity index (χ1n) is 9.14. The smallest absolute Gasteiger partial charge is 0.308 e. The van der Waals surface area contributed by atoms with E-state index >= 15 is 0 Å². The van der Waals surface area contributed by atoms with Gasteiger partial charge in [-0.2, -0.15) is 0 Å². The summed E-state index contributed by atoms with van der Waals surface area (Å²) in [5, 5.41) is 11.5. The predicted octanol–water partition coefficient (Wildman–Crippen LogP) is 4.03. The number of aryl methyl sites for hydroxylation is 1. The zero-order valence-electron chi connectivity index (χ0n) is 14.8. The number of aliphatic carboxylic acids is 1. The van der Waals surface area contributed by atoms with Crippen molar-refractivity contribution >= 4 is 39.4 Å². The number of para-hydroxylation sites is 1. The maximum absolute atomic E-state index is 12.3. The minimum absolute atomic E-state index is 0.0750. The highest BCUT2D eigenvalue weighted by atomic mass is 16.4. The molecule has 1 N–H and O–H groups in total. The summed E-state index contributed by atoms with van der Waals surface area (Å²) >= 11 is 0. The molecule has 3 aromatic rings. The summed E-state index contributed by atoms with van der Waals surface area (Å²) in [5.41, 5.74) is 3.14. The van der Waals surface area contributed by atoms with Crippen LogP contribution in [0.2, 0.25) is 0 Å². The molecule has 0 saturated carbocycles. The topological polar surface area (TPSA) is 62.5 Å². The number of carbonyl (C=O) groups excluding carboxylic acids is 1. The second-order valence-corrected chi connectivity index (χ2v) is 6.97. The Balaban J connectivity index is 1.82. The molecule has 0 aliphatic carbocycles. The van der Waals surface area contributed by atoms with Crippen LogP contribution in [0.5, 0.6) is 0 Å². The fourth-order valence-electron chi connectivity index (χ4n) is 3.89. The van der Waals surface area contributed by atoms with Gasteiger partial charge in [0.2, 0.25) is 5.91 Å². The van der Waals surface area contributed by atoms with Gasteiger partial charge in [-0.15, -0.1) is 0 Å². The predicted molar refractivity (Wildman–Crippen MR) is 102 cm³/mol. The lowest BCUT2D eigenvalue weighted by Gasteiger charge is -2.16. The van der Waals surface area contributed by atoms with Crippen molar-refractivity contribution in [2.75, 3.05) is 11.4 Å². The number of benzene rings is 2. The van der Waals surface area contributed by atoms with Gasteiger partial charge in [-0.3, -0.25) is 9.59 Å². The Morgan fingerprint density at radius 2 is 1.92 bits per heavy atom. The lowest BCUT2D eigenvalue weighted by molar-refractivity contribution is -0.141. The van der Waals surface area contributed by atoms with Crippen molar-refractivity contribution in [1.29, 1.82) is 0 Å². The van der Waals surface area contributed by atoms with Crippen molar-refractivity contribution < 1.29 is 14.7 Å². The van der Waals surface area contributed by atoms with Gasteiger partial charge in [0.15, 0.2) is 0 Å². The van der Waals surface area contributed by atoms with E-state index in [1.807, 2.05) is 24.3 Å². The van der Waals surface area contributed by atoms with Crippen LogP contribution < -0.4 is 4.90 Å². The second-order valence-electron chi connectivity index (χ2n) is 6.97. The summed E-state index contributed by atoms with van der Waals surface area (Å²) in [6.45, 7) is 3.39. The van der Waals surface area contributed by atoms with Crippen LogP contribution >= 0.6 is 0 Å². The fourth-order valence-corrected chi connectivity index (χ4v) is 3.89. The molecule has 1 aliphatic rings. The largest absolute Gasteiger partial charge is 0.481 e. The van der Waals surface area contributed by atoms with E-state index in [1.54, 1.807) is 4.90 Å². The lowest BCUT2D eigenvalue weighted by Crippen LogP contribution is -2.25. The summed E-state index contributed by atoms with van der Waals surface area (Å²) in [7, 11) is 0. The van der Waals surface area contributed by atoms with Gasteiger partial charge < -0.3 is 14.6 Å². The molecule has 0 spiro atoms. The molecular formula is C21H22N2O3.